The maximum atomic E-state index is 12.0. The van der Waals surface area contributed by atoms with Gasteiger partial charge in [-0.05, 0) is 42.8 Å². The largest absolute Gasteiger partial charge is 0.497 e. The Morgan fingerprint density at radius 2 is 1.57 bits per heavy atom. The minimum absolute atomic E-state index is 0.355. The molecular formula is C20H23N3O5. The standard InChI is InChI=1S/C20H23N3O5/c1-13(14-5-7-16(26-2)8-6-14)22-19(24)20(25)23-21-12-15-11-17(27-3)9-10-18(15)28-4/h5-13H,1-4H3,(H,22,24)(H,23,25)/t13-/m0/s1. The Labute approximate surface area is 163 Å². The van der Waals surface area contributed by atoms with E-state index in [-0.39, 0.29) is 6.04 Å². The smallest absolute Gasteiger partial charge is 0.329 e. The second-order valence-electron chi connectivity index (χ2n) is 5.78. The van der Waals surface area contributed by atoms with Gasteiger partial charge in [0.15, 0.2) is 0 Å². The summed E-state index contributed by atoms with van der Waals surface area (Å²) in [5.74, 6) is 0.204. The summed E-state index contributed by atoms with van der Waals surface area (Å²) < 4.78 is 15.5. The fraction of sp³-hybridized carbons (Fsp3) is 0.250. The van der Waals surface area contributed by atoms with Gasteiger partial charge >= 0.3 is 11.8 Å². The van der Waals surface area contributed by atoms with Crippen LogP contribution in [-0.4, -0.2) is 39.4 Å². The molecule has 8 heteroatoms. The molecule has 0 spiro atoms. The molecule has 2 aromatic rings. The summed E-state index contributed by atoms with van der Waals surface area (Å²) in [6, 6.07) is 12.0. The highest BCUT2D eigenvalue weighted by molar-refractivity contribution is 6.35. The zero-order chi connectivity index (χ0) is 20.5. The van der Waals surface area contributed by atoms with Crippen molar-refractivity contribution in [2.45, 2.75) is 13.0 Å². The molecule has 0 aliphatic carbocycles. The fourth-order valence-corrected chi connectivity index (χ4v) is 2.39. The molecule has 8 nitrogen and oxygen atoms in total. The van der Waals surface area contributed by atoms with Crippen LogP contribution in [0.25, 0.3) is 0 Å². The highest BCUT2D eigenvalue weighted by Gasteiger charge is 2.16. The molecule has 0 radical (unpaired) electrons. The molecule has 2 aromatic carbocycles. The third kappa shape index (κ3) is 5.47. The quantitative estimate of drug-likeness (QED) is 0.432. The average Bonchev–Trinajstić information content (AvgIpc) is 2.73. The van der Waals surface area contributed by atoms with Crippen LogP contribution in [-0.2, 0) is 9.59 Å². The number of hydrogen-bond donors (Lipinski definition) is 2. The van der Waals surface area contributed by atoms with Gasteiger partial charge in [-0.25, -0.2) is 5.43 Å². The monoisotopic (exact) mass is 385 g/mol. The molecule has 0 aromatic heterocycles. The maximum Gasteiger partial charge on any atom is 0.329 e. The van der Waals surface area contributed by atoms with Crippen molar-refractivity contribution in [1.82, 2.24) is 10.7 Å². The number of benzene rings is 2. The first-order valence-corrected chi connectivity index (χ1v) is 8.48. The Morgan fingerprint density at radius 3 is 2.18 bits per heavy atom. The predicted octanol–water partition coefficient (Wildman–Crippen LogP) is 2.04. The second kappa shape index (κ2) is 9.96. The number of nitrogens with one attached hydrogen (secondary N) is 2. The molecule has 2 rings (SSSR count). The van der Waals surface area contributed by atoms with Crippen molar-refractivity contribution in [3.05, 3.63) is 53.6 Å². The fourth-order valence-electron chi connectivity index (χ4n) is 2.39. The summed E-state index contributed by atoms with van der Waals surface area (Å²) in [6.45, 7) is 1.78. The van der Waals surface area contributed by atoms with E-state index in [1.165, 1.54) is 13.3 Å². The molecule has 0 unspecified atom stereocenters. The van der Waals surface area contributed by atoms with Gasteiger partial charge in [-0.15, -0.1) is 0 Å². The van der Waals surface area contributed by atoms with E-state index in [1.54, 1.807) is 51.5 Å². The van der Waals surface area contributed by atoms with Crippen LogP contribution in [0.2, 0.25) is 0 Å². The number of ether oxygens (including phenoxy) is 3. The topological polar surface area (TPSA) is 98.2 Å². The molecule has 0 bridgehead atoms. The molecule has 28 heavy (non-hydrogen) atoms. The van der Waals surface area contributed by atoms with E-state index >= 15 is 0 Å². The molecule has 148 valence electrons. The molecule has 2 amide bonds. The first-order chi connectivity index (χ1) is 13.5. The van der Waals surface area contributed by atoms with Crippen molar-refractivity contribution in [2.24, 2.45) is 5.10 Å². The van der Waals surface area contributed by atoms with Gasteiger partial charge in [-0.2, -0.15) is 5.10 Å². The normalized spacial score (nSPS) is 11.6. The summed E-state index contributed by atoms with van der Waals surface area (Å²) in [4.78, 5) is 24.0. The third-order valence-corrected chi connectivity index (χ3v) is 3.98. The van der Waals surface area contributed by atoms with Crippen LogP contribution in [0, 0.1) is 0 Å². The lowest BCUT2D eigenvalue weighted by Gasteiger charge is -2.14. The summed E-state index contributed by atoms with van der Waals surface area (Å²) in [7, 11) is 4.64. The van der Waals surface area contributed by atoms with Gasteiger partial charge in [-0.1, -0.05) is 12.1 Å². The minimum Gasteiger partial charge on any atom is -0.497 e. The third-order valence-electron chi connectivity index (χ3n) is 3.98. The van der Waals surface area contributed by atoms with Gasteiger partial charge in [0.25, 0.3) is 0 Å². The number of rotatable bonds is 7. The van der Waals surface area contributed by atoms with Gasteiger partial charge in [0, 0.05) is 5.56 Å². The number of hydrogen-bond acceptors (Lipinski definition) is 6. The lowest BCUT2D eigenvalue weighted by atomic mass is 10.1. The van der Waals surface area contributed by atoms with E-state index in [0.717, 1.165) is 5.56 Å². The number of amides is 2. The highest BCUT2D eigenvalue weighted by atomic mass is 16.5. The van der Waals surface area contributed by atoms with E-state index in [9.17, 15) is 9.59 Å². The number of hydrazone groups is 1. The Balaban J connectivity index is 1.95. The maximum absolute atomic E-state index is 12.0. The zero-order valence-electron chi connectivity index (χ0n) is 16.2. The summed E-state index contributed by atoms with van der Waals surface area (Å²) >= 11 is 0. The Morgan fingerprint density at radius 1 is 0.929 bits per heavy atom. The first kappa shape index (κ1) is 20.8. The van der Waals surface area contributed by atoms with Crippen LogP contribution in [0.3, 0.4) is 0 Å². The minimum atomic E-state index is -0.876. The molecule has 2 N–H and O–H groups in total. The SMILES string of the molecule is COc1ccc([C@H](C)NC(=O)C(=O)NN=Cc2cc(OC)ccc2OC)cc1. The van der Waals surface area contributed by atoms with Crippen LogP contribution in [0.4, 0.5) is 0 Å². The van der Waals surface area contributed by atoms with E-state index in [0.29, 0.717) is 22.8 Å². The Kier molecular flexibility index (Phi) is 7.38. The Hall–Kier alpha value is -3.55. The summed E-state index contributed by atoms with van der Waals surface area (Å²) in [6.07, 6.45) is 1.37. The van der Waals surface area contributed by atoms with Gasteiger partial charge in [0.05, 0.1) is 33.6 Å². The van der Waals surface area contributed by atoms with Gasteiger partial charge < -0.3 is 19.5 Å². The predicted molar refractivity (Wildman–Crippen MR) is 105 cm³/mol. The molecule has 0 aliphatic rings. The molecule has 0 fully saturated rings. The average molecular weight is 385 g/mol. The van der Waals surface area contributed by atoms with Crippen LogP contribution in [0.15, 0.2) is 47.6 Å². The van der Waals surface area contributed by atoms with Crippen LogP contribution in [0.5, 0.6) is 17.2 Å². The van der Waals surface area contributed by atoms with Gasteiger partial charge in [0.2, 0.25) is 0 Å². The summed E-state index contributed by atoms with van der Waals surface area (Å²) in [5, 5.41) is 6.42. The van der Waals surface area contributed by atoms with Crippen molar-refractivity contribution in [1.29, 1.82) is 0 Å². The number of carbonyl (C=O) groups excluding carboxylic acids is 2. The first-order valence-electron chi connectivity index (χ1n) is 8.48. The van der Waals surface area contributed by atoms with Crippen molar-refractivity contribution in [3.8, 4) is 17.2 Å². The Bertz CT molecular complexity index is 849. The number of nitrogens with zero attached hydrogens (tertiary/aromatic N) is 1. The van der Waals surface area contributed by atoms with Crippen molar-refractivity contribution < 1.29 is 23.8 Å². The van der Waals surface area contributed by atoms with Crippen LogP contribution in [0.1, 0.15) is 24.1 Å². The molecule has 0 saturated carbocycles. The van der Waals surface area contributed by atoms with Crippen molar-refractivity contribution in [2.75, 3.05) is 21.3 Å². The van der Waals surface area contributed by atoms with E-state index in [4.69, 9.17) is 14.2 Å². The number of methoxy groups -OCH3 is 3. The summed E-state index contributed by atoms with van der Waals surface area (Å²) in [5.41, 5.74) is 3.63. The molecule has 1 atom stereocenters. The molecule has 0 heterocycles. The van der Waals surface area contributed by atoms with E-state index in [2.05, 4.69) is 15.8 Å². The van der Waals surface area contributed by atoms with Crippen molar-refractivity contribution in [3.63, 3.8) is 0 Å². The van der Waals surface area contributed by atoms with Crippen LogP contribution >= 0.6 is 0 Å². The van der Waals surface area contributed by atoms with E-state index in [1.807, 2.05) is 12.1 Å². The lowest BCUT2D eigenvalue weighted by Crippen LogP contribution is -2.39. The van der Waals surface area contributed by atoms with Gasteiger partial charge in [-0.3, -0.25) is 9.59 Å². The van der Waals surface area contributed by atoms with Crippen molar-refractivity contribution >= 4 is 18.0 Å². The molecular weight excluding hydrogens is 362 g/mol. The number of carbonyl (C=O) groups is 2. The van der Waals surface area contributed by atoms with Crippen LogP contribution < -0.4 is 25.0 Å². The molecule has 0 aliphatic heterocycles. The highest BCUT2D eigenvalue weighted by Crippen LogP contribution is 2.22. The second-order valence-corrected chi connectivity index (χ2v) is 5.78. The zero-order valence-corrected chi connectivity index (χ0v) is 16.2. The molecule has 0 saturated heterocycles. The lowest BCUT2D eigenvalue weighted by molar-refractivity contribution is -0.139. The van der Waals surface area contributed by atoms with E-state index < -0.39 is 11.8 Å². The van der Waals surface area contributed by atoms with Gasteiger partial charge in [0.1, 0.15) is 17.2 Å².